The number of methoxy groups -OCH3 is 1. The molecule has 1 heterocycles. The first kappa shape index (κ1) is 13.2. The highest BCUT2D eigenvalue weighted by atomic mass is 16.6. The van der Waals surface area contributed by atoms with E-state index >= 15 is 0 Å². The fraction of sp³-hybridized carbons (Fsp3) is 0.125. The van der Waals surface area contributed by atoms with E-state index in [4.69, 9.17) is 9.26 Å². The van der Waals surface area contributed by atoms with Crippen molar-refractivity contribution in [2.75, 3.05) is 7.11 Å². The maximum atomic E-state index is 11.9. The monoisotopic (exact) mass is 282 g/mol. The summed E-state index contributed by atoms with van der Waals surface area (Å²) in [5, 5.41) is 15.8. The summed E-state index contributed by atoms with van der Waals surface area (Å²) in [6.45, 7) is 1.99. The number of hydrogen-bond acceptors (Lipinski definition) is 4. The summed E-state index contributed by atoms with van der Waals surface area (Å²) in [5.41, 5.74) is 3.03. The van der Waals surface area contributed by atoms with Crippen molar-refractivity contribution in [1.29, 1.82) is 0 Å². The van der Waals surface area contributed by atoms with Crippen LogP contribution in [0.5, 0.6) is 11.7 Å². The number of rotatable bonds is 3. The number of benzene rings is 2. The molecule has 5 nitrogen and oxygen atoms in total. The third-order valence-corrected chi connectivity index (χ3v) is 3.25. The van der Waals surface area contributed by atoms with Crippen molar-refractivity contribution in [2.45, 2.75) is 6.92 Å². The Bertz CT molecular complexity index is 746. The van der Waals surface area contributed by atoms with Gasteiger partial charge < -0.3 is 14.4 Å². The lowest BCUT2D eigenvalue weighted by atomic mass is 10.1. The first-order chi connectivity index (χ1) is 10.2. The molecule has 0 fully saturated rings. The van der Waals surface area contributed by atoms with E-state index in [-0.39, 0.29) is 0 Å². The SMILES string of the molecule is COc1ccc(-[n+]2noc([O-])c2-c2ccc(C)cc2)cc1. The van der Waals surface area contributed by atoms with Crippen LogP contribution in [0.15, 0.2) is 53.1 Å². The largest absolute Gasteiger partial charge is 0.539 e. The second-order valence-electron chi connectivity index (χ2n) is 4.68. The Morgan fingerprint density at radius 1 is 1.05 bits per heavy atom. The summed E-state index contributed by atoms with van der Waals surface area (Å²) in [5.74, 6) is 0.275. The Balaban J connectivity index is 2.09. The van der Waals surface area contributed by atoms with E-state index in [1.807, 2.05) is 43.3 Å². The Kier molecular flexibility index (Phi) is 3.31. The molecule has 5 heteroatoms. The highest BCUT2D eigenvalue weighted by molar-refractivity contribution is 5.60. The minimum Gasteiger partial charge on any atom is -0.539 e. The quantitative estimate of drug-likeness (QED) is 0.689. The van der Waals surface area contributed by atoms with Gasteiger partial charge in [0.05, 0.1) is 17.9 Å². The first-order valence-corrected chi connectivity index (χ1v) is 6.49. The van der Waals surface area contributed by atoms with Crippen LogP contribution >= 0.6 is 0 Å². The highest BCUT2D eigenvalue weighted by Gasteiger charge is 2.22. The molecular weight excluding hydrogens is 268 g/mol. The fourth-order valence-corrected chi connectivity index (χ4v) is 2.10. The molecule has 106 valence electrons. The zero-order valence-electron chi connectivity index (χ0n) is 11.7. The molecule has 0 unspecified atom stereocenters. The molecule has 0 N–H and O–H groups in total. The lowest BCUT2D eigenvalue weighted by molar-refractivity contribution is -0.660. The van der Waals surface area contributed by atoms with E-state index < -0.39 is 5.95 Å². The van der Waals surface area contributed by atoms with Crippen LogP contribution in [0.2, 0.25) is 0 Å². The van der Waals surface area contributed by atoms with Gasteiger partial charge in [0.2, 0.25) is 5.69 Å². The molecule has 0 radical (unpaired) electrons. The molecule has 21 heavy (non-hydrogen) atoms. The lowest BCUT2D eigenvalue weighted by Crippen LogP contribution is -2.34. The van der Waals surface area contributed by atoms with Gasteiger partial charge in [-0.15, -0.1) is 0 Å². The molecule has 0 spiro atoms. The van der Waals surface area contributed by atoms with E-state index in [0.29, 0.717) is 5.69 Å². The maximum absolute atomic E-state index is 11.9. The minimum absolute atomic E-state index is 0.403. The number of aromatic nitrogens is 2. The highest BCUT2D eigenvalue weighted by Crippen LogP contribution is 2.24. The third kappa shape index (κ3) is 2.45. The van der Waals surface area contributed by atoms with E-state index in [1.165, 1.54) is 4.68 Å². The summed E-state index contributed by atoms with van der Waals surface area (Å²) >= 11 is 0. The minimum atomic E-state index is -0.463. The predicted molar refractivity (Wildman–Crippen MR) is 74.2 cm³/mol. The molecule has 0 aliphatic carbocycles. The van der Waals surface area contributed by atoms with Gasteiger partial charge >= 0.3 is 0 Å². The van der Waals surface area contributed by atoms with Gasteiger partial charge in [0.25, 0.3) is 5.69 Å². The molecule has 2 aromatic carbocycles. The van der Waals surface area contributed by atoms with Gasteiger partial charge in [-0.3, -0.25) is 0 Å². The van der Waals surface area contributed by atoms with Crippen LogP contribution in [0.1, 0.15) is 5.56 Å². The summed E-state index contributed by atoms with van der Waals surface area (Å²) in [4.78, 5) is 0. The summed E-state index contributed by atoms with van der Waals surface area (Å²) in [6.07, 6.45) is 0. The van der Waals surface area contributed by atoms with Gasteiger partial charge in [0.15, 0.2) is 5.95 Å². The van der Waals surface area contributed by atoms with E-state index in [1.54, 1.807) is 19.2 Å². The fourth-order valence-electron chi connectivity index (χ4n) is 2.10. The Hall–Kier alpha value is -2.82. The van der Waals surface area contributed by atoms with Crippen molar-refractivity contribution in [3.8, 4) is 28.6 Å². The molecule has 3 aromatic rings. The van der Waals surface area contributed by atoms with Gasteiger partial charge in [-0.1, -0.05) is 17.7 Å². The topological polar surface area (TPSA) is 62.2 Å². The van der Waals surface area contributed by atoms with E-state index in [0.717, 1.165) is 22.6 Å². The first-order valence-electron chi connectivity index (χ1n) is 6.49. The summed E-state index contributed by atoms with van der Waals surface area (Å²) in [6, 6.07) is 14.9. The van der Waals surface area contributed by atoms with Crippen molar-refractivity contribution in [2.24, 2.45) is 0 Å². The van der Waals surface area contributed by atoms with Crippen molar-refractivity contribution >= 4 is 0 Å². The normalized spacial score (nSPS) is 10.6. The van der Waals surface area contributed by atoms with Crippen LogP contribution in [-0.4, -0.2) is 12.4 Å². The smallest absolute Gasteiger partial charge is 0.270 e. The number of hydrogen-bond donors (Lipinski definition) is 0. The van der Waals surface area contributed by atoms with E-state index in [9.17, 15) is 5.11 Å². The number of nitrogens with zero attached hydrogens (tertiary/aromatic N) is 2. The van der Waals surface area contributed by atoms with Crippen LogP contribution in [0.25, 0.3) is 16.9 Å². The maximum Gasteiger partial charge on any atom is 0.270 e. The Morgan fingerprint density at radius 3 is 2.33 bits per heavy atom. The molecule has 1 aromatic heterocycles. The average molecular weight is 282 g/mol. The predicted octanol–water partition coefficient (Wildman–Crippen LogP) is 2.01. The van der Waals surface area contributed by atoms with Gasteiger partial charge in [0.1, 0.15) is 5.75 Å². The molecule has 0 aliphatic heterocycles. The van der Waals surface area contributed by atoms with Gasteiger partial charge in [0, 0.05) is 12.1 Å². The van der Waals surface area contributed by atoms with Crippen LogP contribution in [0, 0.1) is 6.92 Å². The second kappa shape index (κ2) is 5.28. The number of aryl methyl sites for hydroxylation is 1. The molecule has 3 rings (SSSR count). The molecule has 0 amide bonds. The molecule has 0 atom stereocenters. The van der Waals surface area contributed by atoms with Crippen LogP contribution < -0.4 is 14.5 Å². The van der Waals surface area contributed by atoms with Gasteiger partial charge in [-0.25, -0.2) is 0 Å². The van der Waals surface area contributed by atoms with Gasteiger partial charge in [-0.05, 0) is 35.9 Å². The molecule has 0 saturated heterocycles. The van der Waals surface area contributed by atoms with Crippen molar-refractivity contribution < 1.29 is 19.0 Å². The van der Waals surface area contributed by atoms with Crippen LogP contribution in [0.4, 0.5) is 0 Å². The number of ether oxygens (including phenoxy) is 1. The third-order valence-electron chi connectivity index (χ3n) is 3.25. The zero-order chi connectivity index (χ0) is 14.8. The standard InChI is InChI=1S/C16H14N2O3/c1-11-3-5-12(6-4-11)15-16(19)21-17-18(15)13-7-9-14(20-2)10-8-13/h3-10H,1-2H3. The Morgan fingerprint density at radius 2 is 1.71 bits per heavy atom. The van der Waals surface area contributed by atoms with Crippen LogP contribution in [0.3, 0.4) is 0 Å². The second-order valence-corrected chi connectivity index (χ2v) is 4.68. The average Bonchev–Trinajstić information content (AvgIpc) is 2.90. The zero-order valence-corrected chi connectivity index (χ0v) is 11.7. The molecule has 0 bridgehead atoms. The van der Waals surface area contributed by atoms with E-state index in [2.05, 4.69) is 5.27 Å². The molecule has 0 aliphatic rings. The van der Waals surface area contributed by atoms with Crippen molar-refractivity contribution in [3.63, 3.8) is 0 Å². The van der Waals surface area contributed by atoms with Crippen LogP contribution in [-0.2, 0) is 0 Å². The lowest BCUT2D eigenvalue weighted by Gasteiger charge is -2.00. The van der Waals surface area contributed by atoms with Crippen molar-refractivity contribution in [3.05, 3.63) is 54.1 Å². The Labute approximate surface area is 122 Å². The van der Waals surface area contributed by atoms with Gasteiger partial charge in [-0.2, -0.15) is 0 Å². The summed E-state index contributed by atoms with van der Waals surface area (Å²) < 4.78 is 11.4. The van der Waals surface area contributed by atoms with Crippen molar-refractivity contribution in [1.82, 2.24) is 5.27 Å². The molecule has 0 saturated carbocycles. The summed E-state index contributed by atoms with van der Waals surface area (Å²) in [7, 11) is 1.60. The molecular formula is C16H14N2O3.